The minimum atomic E-state index is 0.439. The summed E-state index contributed by atoms with van der Waals surface area (Å²) in [5.41, 5.74) is 7.65. The Morgan fingerprint density at radius 3 is 2.89 bits per heavy atom. The number of nitrogen functional groups attached to an aromatic ring is 1. The number of nitrogens with one attached hydrogen (secondary N) is 1. The first-order valence-corrected chi connectivity index (χ1v) is 6.44. The molecule has 96 valence electrons. The monoisotopic (exact) mass is 245 g/mol. The lowest BCUT2D eigenvalue weighted by Crippen LogP contribution is -2.15. The lowest BCUT2D eigenvalue weighted by atomic mass is 10.2. The highest BCUT2D eigenvalue weighted by molar-refractivity contribution is 5.62. The Morgan fingerprint density at radius 2 is 2.17 bits per heavy atom. The van der Waals surface area contributed by atoms with Gasteiger partial charge in [-0.1, -0.05) is 12.8 Å². The molecule has 1 saturated carbocycles. The summed E-state index contributed by atoms with van der Waals surface area (Å²) in [6, 6.07) is 7.45. The van der Waals surface area contributed by atoms with Crippen LogP contribution in [-0.2, 0) is 4.74 Å². The van der Waals surface area contributed by atoms with E-state index in [1.165, 1.54) is 25.7 Å². The van der Waals surface area contributed by atoms with Crippen LogP contribution < -0.4 is 11.1 Å². The zero-order valence-corrected chi connectivity index (χ0v) is 10.5. The zero-order chi connectivity index (χ0) is 12.8. The van der Waals surface area contributed by atoms with Crippen molar-refractivity contribution in [2.45, 2.75) is 31.8 Å². The van der Waals surface area contributed by atoms with Crippen LogP contribution in [0.3, 0.4) is 0 Å². The first kappa shape index (κ1) is 12.7. The highest BCUT2D eigenvalue weighted by atomic mass is 16.5. The molecule has 2 rings (SSSR count). The molecule has 0 aliphatic heterocycles. The van der Waals surface area contributed by atoms with Crippen LogP contribution >= 0.6 is 0 Å². The first-order valence-electron chi connectivity index (χ1n) is 6.44. The highest BCUT2D eigenvalue weighted by Gasteiger charge is 2.14. The van der Waals surface area contributed by atoms with Gasteiger partial charge in [0.15, 0.2) is 0 Å². The van der Waals surface area contributed by atoms with Crippen molar-refractivity contribution in [3.05, 3.63) is 23.8 Å². The van der Waals surface area contributed by atoms with E-state index >= 15 is 0 Å². The van der Waals surface area contributed by atoms with Crippen LogP contribution in [-0.4, -0.2) is 19.3 Å². The van der Waals surface area contributed by atoms with E-state index in [-0.39, 0.29) is 0 Å². The van der Waals surface area contributed by atoms with E-state index in [4.69, 9.17) is 15.7 Å². The van der Waals surface area contributed by atoms with Crippen LogP contribution in [0.5, 0.6) is 0 Å². The molecule has 0 amide bonds. The molecule has 0 unspecified atom stereocenters. The molecule has 1 aliphatic carbocycles. The van der Waals surface area contributed by atoms with E-state index in [2.05, 4.69) is 11.4 Å². The van der Waals surface area contributed by atoms with Crippen molar-refractivity contribution >= 4 is 11.4 Å². The van der Waals surface area contributed by atoms with Gasteiger partial charge in [0.1, 0.15) is 6.07 Å². The summed E-state index contributed by atoms with van der Waals surface area (Å²) >= 11 is 0. The van der Waals surface area contributed by atoms with E-state index in [1.807, 2.05) is 6.07 Å². The Morgan fingerprint density at radius 1 is 1.39 bits per heavy atom. The number of rotatable bonds is 5. The molecule has 18 heavy (non-hydrogen) atoms. The van der Waals surface area contributed by atoms with E-state index < -0.39 is 0 Å². The van der Waals surface area contributed by atoms with E-state index in [0.29, 0.717) is 24.0 Å². The number of benzene rings is 1. The molecule has 3 N–H and O–H groups in total. The molecule has 0 spiro atoms. The third-order valence-corrected chi connectivity index (χ3v) is 3.24. The minimum absolute atomic E-state index is 0.439. The average molecular weight is 245 g/mol. The number of hydrogen-bond acceptors (Lipinski definition) is 4. The first-order chi connectivity index (χ1) is 8.79. The van der Waals surface area contributed by atoms with Gasteiger partial charge in [0, 0.05) is 12.2 Å². The second-order valence-corrected chi connectivity index (χ2v) is 4.62. The van der Waals surface area contributed by atoms with Crippen LogP contribution in [0.2, 0.25) is 0 Å². The van der Waals surface area contributed by atoms with Gasteiger partial charge in [-0.3, -0.25) is 0 Å². The average Bonchev–Trinajstić information content (AvgIpc) is 2.89. The molecule has 4 heteroatoms. The summed E-state index contributed by atoms with van der Waals surface area (Å²) in [7, 11) is 0. The number of anilines is 2. The number of hydrogen-bond donors (Lipinski definition) is 2. The van der Waals surface area contributed by atoms with Crippen molar-refractivity contribution in [3.63, 3.8) is 0 Å². The maximum atomic E-state index is 9.00. The van der Waals surface area contributed by atoms with Crippen molar-refractivity contribution in [2.75, 3.05) is 24.2 Å². The van der Waals surface area contributed by atoms with Gasteiger partial charge >= 0.3 is 0 Å². The van der Waals surface area contributed by atoms with Crippen molar-refractivity contribution in [2.24, 2.45) is 0 Å². The fourth-order valence-corrected chi connectivity index (χ4v) is 2.27. The molecule has 1 fully saturated rings. The lowest BCUT2D eigenvalue weighted by Gasteiger charge is -2.12. The van der Waals surface area contributed by atoms with Crippen LogP contribution in [0.25, 0.3) is 0 Å². The van der Waals surface area contributed by atoms with Gasteiger partial charge < -0.3 is 15.8 Å². The third kappa shape index (κ3) is 3.38. The quantitative estimate of drug-likeness (QED) is 0.617. The zero-order valence-electron chi connectivity index (χ0n) is 10.5. The number of nitriles is 1. The van der Waals surface area contributed by atoms with Crippen LogP contribution in [0.1, 0.15) is 31.2 Å². The van der Waals surface area contributed by atoms with Crippen LogP contribution in [0.15, 0.2) is 18.2 Å². The van der Waals surface area contributed by atoms with Gasteiger partial charge in [-0.15, -0.1) is 0 Å². The van der Waals surface area contributed by atoms with Gasteiger partial charge in [-0.2, -0.15) is 5.26 Å². The number of nitrogens with two attached hydrogens (primary N) is 1. The summed E-state index contributed by atoms with van der Waals surface area (Å²) in [5.74, 6) is 0. The summed E-state index contributed by atoms with van der Waals surface area (Å²) in [6.07, 6.45) is 5.38. The molecule has 0 saturated heterocycles. The predicted octanol–water partition coefficient (Wildman–Crippen LogP) is 2.51. The SMILES string of the molecule is N#Cc1cc(N)ccc1NCCOC1CCCC1. The van der Waals surface area contributed by atoms with Gasteiger partial charge in [0.25, 0.3) is 0 Å². The van der Waals surface area contributed by atoms with Gasteiger partial charge in [0.05, 0.1) is 24.0 Å². The largest absolute Gasteiger partial charge is 0.399 e. The van der Waals surface area contributed by atoms with E-state index in [1.54, 1.807) is 12.1 Å². The molecule has 1 aromatic carbocycles. The van der Waals surface area contributed by atoms with Crippen molar-refractivity contribution < 1.29 is 4.74 Å². The summed E-state index contributed by atoms with van der Waals surface area (Å²) in [4.78, 5) is 0. The topological polar surface area (TPSA) is 71.1 Å². The Balaban J connectivity index is 1.77. The lowest BCUT2D eigenvalue weighted by molar-refractivity contribution is 0.0659. The van der Waals surface area contributed by atoms with Crippen molar-refractivity contribution in [1.82, 2.24) is 0 Å². The fourth-order valence-electron chi connectivity index (χ4n) is 2.27. The van der Waals surface area contributed by atoms with Gasteiger partial charge in [0.2, 0.25) is 0 Å². The molecular weight excluding hydrogens is 226 g/mol. The molecule has 4 nitrogen and oxygen atoms in total. The van der Waals surface area contributed by atoms with E-state index in [0.717, 1.165) is 12.2 Å². The molecule has 0 atom stereocenters. The molecule has 0 heterocycles. The maximum absolute atomic E-state index is 9.00. The summed E-state index contributed by atoms with van der Waals surface area (Å²) in [5, 5.41) is 12.2. The Hall–Kier alpha value is -1.73. The number of nitrogens with zero attached hydrogens (tertiary/aromatic N) is 1. The normalized spacial score (nSPS) is 15.5. The summed E-state index contributed by atoms with van der Waals surface area (Å²) in [6.45, 7) is 1.40. The van der Waals surface area contributed by atoms with Crippen LogP contribution in [0.4, 0.5) is 11.4 Å². The molecular formula is C14H19N3O. The van der Waals surface area contributed by atoms with Gasteiger partial charge in [-0.05, 0) is 31.0 Å². The van der Waals surface area contributed by atoms with E-state index in [9.17, 15) is 0 Å². The Labute approximate surface area is 108 Å². The van der Waals surface area contributed by atoms with Crippen molar-refractivity contribution in [1.29, 1.82) is 5.26 Å². The Bertz CT molecular complexity index is 433. The maximum Gasteiger partial charge on any atom is 0.101 e. The molecule has 1 aliphatic rings. The highest BCUT2D eigenvalue weighted by Crippen LogP contribution is 2.21. The second-order valence-electron chi connectivity index (χ2n) is 4.62. The standard InChI is InChI=1S/C14H19N3O/c15-10-11-9-12(16)5-6-14(11)17-7-8-18-13-3-1-2-4-13/h5-6,9,13,17H,1-4,7-8,16H2. The third-order valence-electron chi connectivity index (χ3n) is 3.24. The smallest absolute Gasteiger partial charge is 0.101 e. The predicted molar refractivity (Wildman–Crippen MR) is 72.3 cm³/mol. The molecule has 0 radical (unpaired) electrons. The summed E-state index contributed by atoms with van der Waals surface area (Å²) < 4.78 is 5.75. The van der Waals surface area contributed by atoms with Crippen LogP contribution in [0, 0.1) is 11.3 Å². The van der Waals surface area contributed by atoms with Crippen molar-refractivity contribution in [3.8, 4) is 6.07 Å². The minimum Gasteiger partial charge on any atom is -0.399 e. The Kier molecular flexibility index (Phi) is 4.43. The molecule has 0 aromatic heterocycles. The molecule has 1 aromatic rings. The number of ether oxygens (including phenoxy) is 1. The molecule has 0 bridgehead atoms. The second kappa shape index (κ2) is 6.27. The fraction of sp³-hybridized carbons (Fsp3) is 0.500. The van der Waals surface area contributed by atoms with Gasteiger partial charge in [-0.25, -0.2) is 0 Å².